The summed E-state index contributed by atoms with van der Waals surface area (Å²) in [5.41, 5.74) is 5.78. The van der Waals surface area contributed by atoms with E-state index in [1.807, 2.05) is 0 Å². The molecule has 0 amide bonds. The van der Waals surface area contributed by atoms with E-state index in [1.165, 1.54) is 25.3 Å². The van der Waals surface area contributed by atoms with Gasteiger partial charge in [-0.05, 0) is 23.9 Å². The molecule has 0 aliphatic rings. The molecule has 0 spiro atoms. The predicted molar refractivity (Wildman–Crippen MR) is 55.8 cm³/mol. The Bertz CT molecular complexity index is 412. The molecule has 0 aliphatic carbocycles. The van der Waals surface area contributed by atoms with Crippen molar-refractivity contribution in [3.8, 4) is 5.75 Å². The molecular formula is C9H9F2NO3S. The zero-order chi connectivity index (χ0) is 12.3. The summed E-state index contributed by atoms with van der Waals surface area (Å²) in [6.45, 7) is 0. The minimum absolute atomic E-state index is 0.0177. The third kappa shape index (κ3) is 2.75. The van der Waals surface area contributed by atoms with Gasteiger partial charge < -0.3 is 15.6 Å². The van der Waals surface area contributed by atoms with E-state index >= 15 is 0 Å². The molecule has 7 heteroatoms. The Hall–Kier alpha value is -1.50. The van der Waals surface area contributed by atoms with Crippen molar-refractivity contribution in [3.63, 3.8) is 0 Å². The third-order valence-electron chi connectivity index (χ3n) is 1.67. The second-order valence-electron chi connectivity index (χ2n) is 2.83. The quantitative estimate of drug-likeness (QED) is 0.631. The molecule has 0 heterocycles. The van der Waals surface area contributed by atoms with Crippen molar-refractivity contribution in [3.05, 3.63) is 18.2 Å². The number of benzene rings is 1. The summed E-state index contributed by atoms with van der Waals surface area (Å²) in [5, 5.41) is 4.39. The molecule has 1 rings (SSSR count). The number of rotatable bonds is 4. The molecule has 4 nitrogen and oxygen atoms in total. The van der Waals surface area contributed by atoms with Gasteiger partial charge in [-0.1, -0.05) is 0 Å². The molecule has 1 aromatic rings. The van der Waals surface area contributed by atoms with Crippen LogP contribution in [-0.4, -0.2) is 23.4 Å². The van der Waals surface area contributed by atoms with E-state index in [4.69, 9.17) is 15.6 Å². The molecule has 0 bridgehead atoms. The molecule has 88 valence electrons. The van der Waals surface area contributed by atoms with E-state index in [0.717, 1.165) is 0 Å². The molecule has 0 fully saturated rings. The molecule has 0 aliphatic heterocycles. The summed E-state index contributed by atoms with van der Waals surface area (Å²) in [5.74, 6) is -2.08. The second kappa shape index (κ2) is 4.56. The summed E-state index contributed by atoms with van der Waals surface area (Å²) in [4.78, 5) is 10.3. The van der Waals surface area contributed by atoms with E-state index in [9.17, 15) is 13.6 Å². The number of anilines is 1. The fourth-order valence-electron chi connectivity index (χ4n) is 0.950. The molecule has 0 saturated carbocycles. The lowest BCUT2D eigenvalue weighted by Gasteiger charge is -2.13. The first kappa shape index (κ1) is 12.6. The number of ether oxygens (including phenoxy) is 1. The van der Waals surface area contributed by atoms with Crippen molar-refractivity contribution < 1.29 is 23.4 Å². The highest BCUT2D eigenvalue weighted by Gasteiger charge is 2.41. The van der Waals surface area contributed by atoms with Crippen LogP contribution in [0.4, 0.5) is 14.5 Å². The van der Waals surface area contributed by atoms with Crippen LogP contribution in [0.5, 0.6) is 5.75 Å². The van der Waals surface area contributed by atoms with E-state index in [1.54, 1.807) is 0 Å². The average molecular weight is 249 g/mol. The van der Waals surface area contributed by atoms with Gasteiger partial charge >= 0.3 is 11.2 Å². The molecule has 16 heavy (non-hydrogen) atoms. The summed E-state index contributed by atoms with van der Waals surface area (Å²) in [6, 6.07) is 4.03. The number of nitrogen functional groups attached to an aromatic ring is 1. The van der Waals surface area contributed by atoms with Gasteiger partial charge in [0.1, 0.15) is 5.75 Å². The highest BCUT2D eigenvalue weighted by molar-refractivity contribution is 8.01. The monoisotopic (exact) mass is 249 g/mol. The van der Waals surface area contributed by atoms with Crippen LogP contribution in [0.15, 0.2) is 23.1 Å². The number of hydrogen-bond donors (Lipinski definition) is 2. The number of halogens is 2. The molecule has 0 radical (unpaired) electrons. The average Bonchev–Trinajstić information content (AvgIpc) is 2.20. The number of hydrogen-bond acceptors (Lipinski definition) is 4. The highest BCUT2D eigenvalue weighted by atomic mass is 32.2. The summed E-state index contributed by atoms with van der Waals surface area (Å²) >= 11 is -0.0995. The second-order valence-corrected chi connectivity index (χ2v) is 3.99. The first-order valence-corrected chi connectivity index (χ1v) is 4.92. The Balaban J connectivity index is 3.01. The van der Waals surface area contributed by atoms with E-state index < -0.39 is 11.2 Å². The van der Waals surface area contributed by atoms with Gasteiger partial charge in [-0.15, -0.1) is 0 Å². The predicted octanol–water partition coefficient (Wildman–Crippen LogP) is 2.05. The van der Waals surface area contributed by atoms with Crippen molar-refractivity contribution in [1.29, 1.82) is 0 Å². The topological polar surface area (TPSA) is 72.5 Å². The normalized spacial score (nSPS) is 11.2. The maximum Gasteiger partial charge on any atom is 0.393 e. The van der Waals surface area contributed by atoms with E-state index in [-0.39, 0.29) is 22.4 Å². The van der Waals surface area contributed by atoms with Crippen molar-refractivity contribution >= 4 is 23.4 Å². The molecule has 0 unspecified atom stereocenters. The fourth-order valence-corrected chi connectivity index (χ4v) is 1.69. The number of aliphatic carboxylic acids is 1. The van der Waals surface area contributed by atoms with Gasteiger partial charge in [-0.3, -0.25) is 0 Å². The van der Waals surface area contributed by atoms with Crippen LogP contribution in [-0.2, 0) is 4.79 Å². The zero-order valence-electron chi connectivity index (χ0n) is 8.24. The number of nitrogens with two attached hydrogens (primary N) is 1. The van der Waals surface area contributed by atoms with Crippen LogP contribution in [0.3, 0.4) is 0 Å². The van der Waals surface area contributed by atoms with Crippen LogP contribution in [0.2, 0.25) is 0 Å². The van der Waals surface area contributed by atoms with Gasteiger partial charge in [-0.25, -0.2) is 4.79 Å². The van der Waals surface area contributed by atoms with Gasteiger partial charge in [0.2, 0.25) is 0 Å². The van der Waals surface area contributed by atoms with Crippen LogP contribution < -0.4 is 10.5 Å². The minimum atomic E-state index is -3.90. The fraction of sp³-hybridized carbons (Fsp3) is 0.222. The number of alkyl halides is 2. The van der Waals surface area contributed by atoms with Gasteiger partial charge in [0.15, 0.2) is 0 Å². The first-order valence-electron chi connectivity index (χ1n) is 4.10. The Morgan fingerprint density at radius 2 is 2.19 bits per heavy atom. The Labute approximate surface area is 94.4 Å². The Morgan fingerprint density at radius 3 is 2.69 bits per heavy atom. The standard InChI is InChI=1S/C9H9F2NO3S/c1-15-6-4-5(12)2-3-7(6)16-9(10,11)8(13)14/h2-4H,12H2,1H3,(H,13,14). The largest absolute Gasteiger partial charge is 0.496 e. The molecule has 0 aromatic heterocycles. The number of carboxylic acid groups (broad SMARTS) is 1. The Morgan fingerprint density at radius 1 is 1.56 bits per heavy atom. The lowest BCUT2D eigenvalue weighted by Crippen LogP contribution is -2.23. The van der Waals surface area contributed by atoms with Gasteiger partial charge in [0, 0.05) is 11.8 Å². The van der Waals surface area contributed by atoms with Crippen LogP contribution in [0, 0.1) is 0 Å². The van der Waals surface area contributed by atoms with Crippen molar-refractivity contribution in [2.75, 3.05) is 12.8 Å². The molecule has 3 N–H and O–H groups in total. The number of carbonyl (C=O) groups is 1. The molecule has 1 aromatic carbocycles. The first-order chi connectivity index (χ1) is 7.36. The summed E-state index contributed by atoms with van der Waals surface area (Å²) in [7, 11) is 1.29. The summed E-state index contributed by atoms with van der Waals surface area (Å²) < 4.78 is 30.7. The SMILES string of the molecule is COc1cc(N)ccc1SC(F)(F)C(=O)O. The van der Waals surface area contributed by atoms with Crippen molar-refractivity contribution in [2.45, 2.75) is 10.2 Å². The maximum absolute atomic E-state index is 12.9. The third-order valence-corrected chi connectivity index (χ3v) is 2.66. The lowest BCUT2D eigenvalue weighted by atomic mass is 10.3. The number of carboxylic acids is 1. The van der Waals surface area contributed by atoms with Gasteiger partial charge in [-0.2, -0.15) is 8.78 Å². The van der Waals surface area contributed by atoms with Crippen LogP contribution in [0.25, 0.3) is 0 Å². The van der Waals surface area contributed by atoms with E-state index in [2.05, 4.69) is 0 Å². The maximum atomic E-state index is 12.9. The van der Waals surface area contributed by atoms with Crippen molar-refractivity contribution in [2.24, 2.45) is 0 Å². The summed E-state index contributed by atoms with van der Waals surface area (Å²) in [6.07, 6.45) is 0. The van der Waals surface area contributed by atoms with Gasteiger partial charge in [0.05, 0.1) is 12.0 Å². The lowest BCUT2D eigenvalue weighted by molar-refractivity contribution is -0.152. The molecule has 0 atom stereocenters. The number of methoxy groups -OCH3 is 1. The Kier molecular flexibility index (Phi) is 3.58. The minimum Gasteiger partial charge on any atom is -0.496 e. The smallest absolute Gasteiger partial charge is 0.393 e. The molecule has 0 saturated heterocycles. The van der Waals surface area contributed by atoms with Crippen molar-refractivity contribution in [1.82, 2.24) is 0 Å². The molecular weight excluding hydrogens is 240 g/mol. The number of thioether (sulfide) groups is 1. The van der Waals surface area contributed by atoms with Crippen LogP contribution >= 0.6 is 11.8 Å². The zero-order valence-corrected chi connectivity index (χ0v) is 9.05. The van der Waals surface area contributed by atoms with Gasteiger partial charge in [0.25, 0.3) is 0 Å². The van der Waals surface area contributed by atoms with Crippen LogP contribution in [0.1, 0.15) is 0 Å². The highest BCUT2D eigenvalue weighted by Crippen LogP contribution is 2.41. The van der Waals surface area contributed by atoms with E-state index in [0.29, 0.717) is 5.69 Å².